The lowest BCUT2D eigenvalue weighted by molar-refractivity contribution is -0.145. The average molecular weight is 483 g/mol. The van der Waals surface area contributed by atoms with Gasteiger partial charge in [-0.2, -0.15) is 23.0 Å². The smallest absolute Gasteiger partial charge is 0.417 e. The minimum atomic E-state index is -4.88. The Kier molecular flexibility index (Phi) is 5.75. The van der Waals surface area contributed by atoms with Gasteiger partial charge in [0.15, 0.2) is 0 Å². The number of carboxylic acid groups (broad SMARTS) is 1. The molecular weight excluding hydrogens is 468 g/mol. The molecule has 1 aromatic heterocycles. The molecule has 0 saturated heterocycles. The maximum Gasteiger partial charge on any atom is 0.417 e. The van der Waals surface area contributed by atoms with Crippen LogP contribution in [0, 0.1) is 11.7 Å². The molecular formula is C22H15ClF4N2O4. The Hall–Kier alpha value is -3.24. The number of rotatable bonds is 3. The summed E-state index contributed by atoms with van der Waals surface area (Å²) in [4.78, 5) is 24.5. The van der Waals surface area contributed by atoms with Crippen LogP contribution in [0.1, 0.15) is 34.5 Å². The highest BCUT2D eigenvalue weighted by molar-refractivity contribution is 6.34. The highest BCUT2D eigenvalue weighted by Crippen LogP contribution is 2.38. The molecule has 6 nitrogen and oxygen atoms in total. The molecule has 0 saturated carbocycles. The van der Waals surface area contributed by atoms with Crippen LogP contribution in [0.4, 0.5) is 17.6 Å². The van der Waals surface area contributed by atoms with Crippen LogP contribution in [0.2, 0.25) is 5.02 Å². The normalized spacial score (nSPS) is 18.9. The van der Waals surface area contributed by atoms with Crippen LogP contribution in [-0.2, 0) is 11.0 Å². The molecule has 11 heteroatoms. The summed E-state index contributed by atoms with van der Waals surface area (Å²) in [6.07, 6.45) is -4.96. The van der Waals surface area contributed by atoms with Crippen molar-refractivity contribution >= 4 is 40.0 Å². The molecule has 2 atom stereocenters. The summed E-state index contributed by atoms with van der Waals surface area (Å²) in [6, 6.07) is 6.58. The summed E-state index contributed by atoms with van der Waals surface area (Å²) >= 11 is 5.95. The number of aromatic nitrogens is 2. The quantitative estimate of drug-likeness (QED) is 0.524. The molecule has 1 heterocycles. The van der Waals surface area contributed by atoms with Gasteiger partial charge in [-0.3, -0.25) is 9.59 Å². The van der Waals surface area contributed by atoms with E-state index in [1.165, 1.54) is 18.2 Å². The van der Waals surface area contributed by atoms with E-state index in [0.717, 1.165) is 18.2 Å². The maximum atomic E-state index is 14.8. The standard InChI is InChI=1S/C22H15ClF4N2O4/c23-13-4-1-3-12(22(25,26)27)17(13)20(31)29-15-6-2-5-14(24)18(15)19(28-29)10-7-8-11(21(32)33)16(30)9-10/h1-7,11,16,30H,8-9H2,(H,32,33). The summed E-state index contributed by atoms with van der Waals surface area (Å²) in [5, 5.41) is 22.9. The highest BCUT2D eigenvalue weighted by Gasteiger charge is 2.38. The van der Waals surface area contributed by atoms with Crippen LogP contribution in [-0.4, -0.2) is 38.0 Å². The topological polar surface area (TPSA) is 92.4 Å². The first-order chi connectivity index (χ1) is 15.5. The van der Waals surface area contributed by atoms with Crippen molar-refractivity contribution in [2.45, 2.75) is 25.1 Å². The summed E-state index contributed by atoms with van der Waals surface area (Å²) in [5.74, 6) is -4.26. The Morgan fingerprint density at radius 1 is 1.15 bits per heavy atom. The molecule has 0 aliphatic heterocycles. The van der Waals surface area contributed by atoms with Gasteiger partial charge in [0.05, 0.1) is 44.8 Å². The molecule has 1 aliphatic rings. The van der Waals surface area contributed by atoms with Crippen LogP contribution >= 0.6 is 11.6 Å². The third kappa shape index (κ3) is 4.00. The third-order valence-corrected chi connectivity index (χ3v) is 5.83. The second kappa shape index (κ2) is 8.27. The number of fused-ring (bicyclic) bond motifs is 1. The number of aliphatic carboxylic acids is 1. The van der Waals surface area contributed by atoms with Crippen LogP contribution in [0.5, 0.6) is 0 Å². The molecule has 3 aromatic rings. The van der Waals surface area contributed by atoms with Gasteiger partial charge in [0.1, 0.15) is 5.82 Å². The molecule has 1 aliphatic carbocycles. The van der Waals surface area contributed by atoms with Crippen LogP contribution in [0.25, 0.3) is 16.5 Å². The second-order valence-corrected chi connectivity index (χ2v) is 7.95. The zero-order chi connectivity index (χ0) is 24.1. The highest BCUT2D eigenvalue weighted by atomic mass is 35.5. The van der Waals surface area contributed by atoms with Gasteiger partial charge in [0, 0.05) is 6.42 Å². The SMILES string of the molecule is O=C(O)C1CC=C(c2nn(C(=O)c3c(Cl)cccc3C(F)(F)F)c3cccc(F)c23)CC1O. The molecule has 0 spiro atoms. The van der Waals surface area contributed by atoms with Gasteiger partial charge < -0.3 is 10.2 Å². The predicted molar refractivity (Wildman–Crippen MR) is 110 cm³/mol. The lowest BCUT2D eigenvalue weighted by Crippen LogP contribution is -2.30. The summed E-state index contributed by atoms with van der Waals surface area (Å²) < 4.78 is 56.0. The van der Waals surface area contributed by atoms with Gasteiger partial charge in [-0.25, -0.2) is 4.39 Å². The van der Waals surface area contributed by atoms with E-state index in [0.29, 0.717) is 10.7 Å². The average Bonchev–Trinajstić information content (AvgIpc) is 3.13. The second-order valence-electron chi connectivity index (χ2n) is 7.54. The number of aliphatic hydroxyl groups excluding tert-OH is 1. The Morgan fingerprint density at radius 3 is 2.48 bits per heavy atom. The molecule has 2 aromatic carbocycles. The number of hydrogen-bond donors (Lipinski definition) is 2. The van der Waals surface area contributed by atoms with E-state index in [9.17, 15) is 37.4 Å². The lowest BCUT2D eigenvalue weighted by atomic mass is 9.85. The Bertz CT molecular complexity index is 1320. The van der Waals surface area contributed by atoms with Crippen molar-refractivity contribution < 1.29 is 37.4 Å². The number of halogens is 5. The molecule has 0 bridgehead atoms. The zero-order valence-corrected chi connectivity index (χ0v) is 17.4. The van der Waals surface area contributed by atoms with Gasteiger partial charge in [0.2, 0.25) is 0 Å². The fourth-order valence-corrected chi connectivity index (χ4v) is 4.18. The van der Waals surface area contributed by atoms with Gasteiger partial charge >= 0.3 is 12.1 Å². The number of carbonyl (C=O) groups is 2. The number of carbonyl (C=O) groups excluding carboxylic acids is 1. The molecule has 172 valence electrons. The van der Waals surface area contributed by atoms with Crippen LogP contribution in [0.3, 0.4) is 0 Å². The predicted octanol–water partition coefficient (Wildman–Crippen LogP) is 4.78. The van der Waals surface area contributed by atoms with Crippen molar-refractivity contribution in [3.05, 3.63) is 70.1 Å². The van der Waals surface area contributed by atoms with Crippen molar-refractivity contribution in [2.24, 2.45) is 5.92 Å². The fourth-order valence-electron chi connectivity index (χ4n) is 3.93. The number of allylic oxidation sites excluding steroid dienone is 1. The molecule has 2 N–H and O–H groups in total. The first kappa shape index (κ1) is 22.9. The van der Waals surface area contributed by atoms with Gasteiger partial charge in [-0.1, -0.05) is 29.8 Å². The van der Waals surface area contributed by atoms with E-state index in [1.807, 2.05) is 0 Å². The largest absolute Gasteiger partial charge is 0.481 e. The van der Waals surface area contributed by atoms with Crippen LogP contribution < -0.4 is 0 Å². The fraction of sp³-hybridized carbons (Fsp3) is 0.227. The molecule has 4 rings (SSSR count). The number of carboxylic acids is 1. The monoisotopic (exact) mass is 482 g/mol. The Morgan fingerprint density at radius 2 is 1.85 bits per heavy atom. The van der Waals surface area contributed by atoms with E-state index in [-0.39, 0.29) is 35.0 Å². The van der Waals surface area contributed by atoms with Crippen molar-refractivity contribution in [1.82, 2.24) is 9.78 Å². The van der Waals surface area contributed by atoms with Crippen molar-refractivity contribution in [3.63, 3.8) is 0 Å². The number of nitrogens with zero attached hydrogens (tertiary/aromatic N) is 2. The maximum absolute atomic E-state index is 14.8. The van der Waals surface area contributed by atoms with E-state index >= 15 is 0 Å². The Balaban J connectivity index is 1.90. The van der Waals surface area contributed by atoms with Crippen molar-refractivity contribution in [1.29, 1.82) is 0 Å². The van der Waals surface area contributed by atoms with Gasteiger partial charge in [-0.05, 0) is 36.3 Å². The van der Waals surface area contributed by atoms with E-state index in [2.05, 4.69) is 5.10 Å². The number of hydrogen-bond acceptors (Lipinski definition) is 4. The molecule has 33 heavy (non-hydrogen) atoms. The molecule has 2 unspecified atom stereocenters. The molecule has 0 radical (unpaired) electrons. The first-order valence-electron chi connectivity index (χ1n) is 9.68. The van der Waals surface area contributed by atoms with Crippen molar-refractivity contribution in [3.8, 4) is 0 Å². The number of aliphatic hydroxyl groups is 1. The summed E-state index contributed by atoms with van der Waals surface area (Å²) in [7, 11) is 0. The minimum absolute atomic E-state index is 0.0642. The molecule has 0 fully saturated rings. The van der Waals surface area contributed by atoms with Gasteiger partial charge in [-0.15, -0.1) is 0 Å². The molecule has 0 amide bonds. The van der Waals surface area contributed by atoms with Crippen molar-refractivity contribution in [2.75, 3.05) is 0 Å². The van der Waals surface area contributed by atoms with Crippen LogP contribution in [0.15, 0.2) is 42.5 Å². The number of benzene rings is 2. The summed E-state index contributed by atoms with van der Waals surface area (Å²) in [5.41, 5.74) is -2.00. The third-order valence-electron chi connectivity index (χ3n) is 5.51. The van der Waals surface area contributed by atoms with E-state index < -0.39 is 52.0 Å². The first-order valence-corrected chi connectivity index (χ1v) is 10.1. The minimum Gasteiger partial charge on any atom is -0.481 e. The number of alkyl halides is 3. The van der Waals surface area contributed by atoms with E-state index in [1.54, 1.807) is 0 Å². The zero-order valence-electron chi connectivity index (χ0n) is 16.6. The Labute approximate surface area is 188 Å². The van der Waals surface area contributed by atoms with E-state index in [4.69, 9.17) is 11.6 Å². The van der Waals surface area contributed by atoms with Gasteiger partial charge in [0.25, 0.3) is 5.91 Å². The summed E-state index contributed by atoms with van der Waals surface area (Å²) in [6.45, 7) is 0. The lowest BCUT2D eigenvalue weighted by Gasteiger charge is -2.23.